The lowest BCUT2D eigenvalue weighted by molar-refractivity contribution is 0.445. The molecule has 0 aliphatic carbocycles. The van der Waals surface area contributed by atoms with Crippen LogP contribution in [0.5, 0.6) is 0 Å². The number of nitrogens with zero attached hydrogens (tertiary/aromatic N) is 4. The zero-order chi connectivity index (χ0) is 22.7. The molecule has 2 aromatic heterocycles. The van der Waals surface area contributed by atoms with Crippen molar-refractivity contribution in [3.63, 3.8) is 0 Å². The third-order valence-electron chi connectivity index (χ3n) is 5.27. The molecule has 0 N–H and O–H groups in total. The first-order chi connectivity index (χ1) is 15.5. The van der Waals surface area contributed by atoms with Gasteiger partial charge in [0.1, 0.15) is 5.01 Å². The summed E-state index contributed by atoms with van der Waals surface area (Å²) in [7, 11) is -3.51. The van der Waals surface area contributed by atoms with Gasteiger partial charge in [-0.05, 0) is 25.1 Å². The summed E-state index contributed by atoms with van der Waals surface area (Å²) in [5.41, 5.74) is 3.78. The van der Waals surface area contributed by atoms with E-state index in [2.05, 4.69) is 29.0 Å². The smallest absolute Gasteiger partial charge is 0.243 e. The minimum Gasteiger partial charge on any atom is -0.319 e. The summed E-state index contributed by atoms with van der Waals surface area (Å²) in [6, 6.07) is 15.4. The fourth-order valence-corrected chi connectivity index (χ4v) is 6.98. The van der Waals surface area contributed by atoms with Crippen LogP contribution in [0.25, 0.3) is 21.6 Å². The third-order valence-corrected chi connectivity index (χ3v) is 9.26. The van der Waals surface area contributed by atoms with Crippen LogP contribution in [0.4, 0.5) is 0 Å². The van der Waals surface area contributed by atoms with Crippen LogP contribution in [0, 0.1) is 0 Å². The van der Waals surface area contributed by atoms with E-state index in [0.29, 0.717) is 24.4 Å². The highest BCUT2D eigenvalue weighted by atomic mass is 32.2. The SMILES string of the molecule is CCN(CC)S(=O)(=O)c1ccc2c(c1)nc(SCc1csc(-c3ccccc3)n1)n2CC. The third kappa shape index (κ3) is 4.47. The van der Waals surface area contributed by atoms with Gasteiger partial charge in [-0.3, -0.25) is 0 Å². The molecule has 32 heavy (non-hydrogen) atoms. The molecule has 0 bridgehead atoms. The average molecular weight is 487 g/mol. The molecule has 0 aliphatic heterocycles. The molecule has 0 unspecified atom stereocenters. The Labute approximate surface area is 197 Å². The summed E-state index contributed by atoms with van der Waals surface area (Å²) in [4.78, 5) is 9.82. The number of aromatic nitrogens is 3. The van der Waals surface area contributed by atoms with Crippen molar-refractivity contribution in [3.8, 4) is 10.6 Å². The molecule has 0 amide bonds. The second kappa shape index (κ2) is 9.74. The van der Waals surface area contributed by atoms with Crippen molar-refractivity contribution in [2.24, 2.45) is 0 Å². The first kappa shape index (κ1) is 23.0. The van der Waals surface area contributed by atoms with E-state index >= 15 is 0 Å². The Bertz CT molecular complexity index is 1310. The number of aryl methyl sites for hydroxylation is 1. The van der Waals surface area contributed by atoms with E-state index in [1.54, 1.807) is 35.2 Å². The van der Waals surface area contributed by atoms with Crippen LogP contribution in [0.1, 0.15) is 26.5 Å². The number of rotatable bonds is 9. The normalized spacial score (nSPS) is 12.1. The minimum absolute atomic E-state index is 0.290. The van der Waals surface area contributed by atoms with Crippen molar-refractivity contribution in [1.82, 2.24) is 18.8 Å². The molecule has 0 fully saturated rings. The number of benzene rings is 2. The largest absolute Gasteiger partial charge is 0.319 e. The van der Waals surface area contributed by atoms with E-state index in [1.165, 1.54) is 4.31 Å². The van der Waals surface area contributed by atoms with Crippen molar-refractivity contribution < 1.29 is 8.42 Å². The van der Waals surface area contributed by atoms with Crippen molar-refractivity contribution in [3.05, 3.63) is 59.6 Å². The monoisotopic (exact) mass is 486 g/mol. The first-order valence-corrected chi connectivity index (χ1v) is 13.9. The number of thioether (sulfide) groups is 1. The zero-order valence-corrected chi connectivity index (χ0v) is 20.8. The maximum atomic E-state index is 12.9. The highest BCUT2D eigenvalue weighted by Crippen LogP contribution is 2.31. The molecule has 9 heteroatoms. The van der Waals surface area contributed by atoms with Crippen molar-refractivity contribution in [1.29, 1.82) is 0 Å². The molecule has 0 atom stereocenters. The molecular formula is C23H26N4O2S3. The second-order valence-corrected chi connectivity index (χ2v) is 10.9. The van der Waals surface area contributed by atoms with Crippen LogP contribution < -0.4 is 0 Å². The van der Waals surface area contributed by atoms with Crippen molar-refractivity contribution >= 4 is 44.2 Å². The van der Waals surface area contributed by atoms with Crippen LogP contribution in [0.3, 0.4) is 0 Å². The summed E-state index contributed by atoms with van der Waals surface area (Å²) in [5, 5.41) is 3.97. The summed E-state index contributed by atoms with van der Waals surface area (Å²) in [6.45, 7) is 7.42. The predicted molar refractivity (Wildman–Crippen MR) is 133 cm³/mol. The van der Waals surface area contributed by atoms with Gasteiger partial charge in [0.2, 0.25) is 10.0 Å². The summed E-state index contributed by atoms with van der Waals surface area (Å²) in [5.74, 6) is 0.706. The van der Waals surface area contributed by atoms with E-state index in [4.69, 9.17) is 9.97 Å². The van der Waals surface area contributed by atoms with Crippen molar-refractivity contribution in [2.75, 3.05) is 13.1 Å². The first-order valence-electron chi connectivity index (χ1n) is 10.6. The maximum Gasteiger partial charge on any atom is 0.243 e. The van der Waals surface area contributed by atoms with Gasteiger partial charge in [-0.1, -0.05) is 55.9 Å². The molecule has 0 radical (unpaired) electrons. The van der Waals surface area contributed by atoms with Crippen LogP contribution in [0.2, 0.25) is 0 Å². The number of hydrogen-bond acceptors (Lipinski definition) is 6. The Hall–Kier alpha value is -2.20. The molecule has 2 aromatic carbocycles. The van der Waals surface area contributed by atoms with E-state index in [9.17, 15) is 8.42 Å². The summed E-state index contributed by atoms with van der Waals surface area (Å²) >= 11 is 3.27. The highest BCUT2D eigenvalue weighted by molar-refractivity contribution is 7.98. The van der Waals surface area contributed by atoms with Gasteiger partial charge in [0, 0.05) is 36.3 Å². The van der Waals surface area contributed by atoms with Crippen LogP contribution in [0.15, 0.2) is 64.0 Å². The molecule has 0 saturated heterocycles. The van der Waals surface area contributed by atoms with E-state index in [1.807, 2.05) is 38.1 Å². The van der Waals surface area contributed by atoms with Gasteiger partial charge in [0.05, 0.1) is 21.6 Å². The van der Waals surface area contributed by atoms with Gasteiger partial charge in [-0.2, -0.15) is 4.31 Å². The van der Waals surface area contributed by atoms with Crippen molar-refractivity contribution in [2.45, 2.75) is 43.1 Å². The van der Waals surface area contributed by atoms with Crippen LogP contribution in [-0.2, 0) is 22.3 Å². The Kier molecular flexibility index (Phi) is 6.99. The lowest BCUT2D eigenvalue weighted by atomic mass is 10.2. The van der Waals surface area contributed by atoms with Gasteiger partial charge in [0.25, 0.3) is 0 Å². The lowest BCUT2D eigenvalue weighted by Crippen LogP contribution is -2.30. The predicted octanol–water partition coefficient (Wildman–Crippen LogP) is 5.50. The topological polar surface area (TPSA) is 68.1 Å². The van der Waals surface area contributed by atoms with Crippen LogP contribution >= 0.6 is 23.1 Å². The van der Waals surface area contributed by atoms with E-state index in [0.717, 1.165) is 33.5 Å². The fraction of sp³-hybridized carbons (Fsp3) is 0.304. The van der Waals surface area contributed by atoms with Gasteiger partial charge >= 0.3 is 0 Å². The molecule has 0 spiro atoms. The molecule has 6 nitrogen and oxygen atoms in total. The summed E-state index contributed by atoms with van der Waals surface area (Å²) < 4.78 is 29.4. The maximum absolute atomic E-state index is 12.9. The van der Waals surface area contributed by atoms with E-state index in [-0.39, 0.29) is 4.90 Å². The van der Waals surface area contributed by atoms with Gasteiger partial charge in [-0.25, -0.2) is 18.4 Å². The fourth-order valence-electron chi connectivity index (χ4n) is 3.60. The standard InChI is InChI=1S/C23H26N4O2S3/c1-4-26(5-2)32(28,29)19-12-13-21-20(14-19)25-23(27(21)6-3)31-16-18-15-30-22(24-18)17-10-8-7-9-11-17/h7-15H,4-6,16H2,1-3H3. The Morgan fingerprint density at radius 1 is 1.03 bits per heavy atom. The number of imidazole rings is 1. The molecule has 4 rings (SSSR count). The lowest BCUT2D eigenvalue weighted by Gasteiger charge is -2.18. The zero-order valence-electron chi connectivity index (χ0n) is 18.4. The molecule has 2 heterocycles. The molecule has 168 valence electrons. The Balaban J connectivity index is 1.59. The highest BCUT2D eigenvalue weighted by Gasteiger charge is 2.23. The van der Waals surface area contributed by atoms with Gasteiger partial charge < -0.3 is 4.57 Å². The van der Waals surface area contributed by atoms with Gasteiger partial charge in [0.15, 0.2) is 5.16 Å². The molecular weight excluding hydrogens is 460 g/mol. The average Bonchev–Trinajstić information content (AvgIpc) is 3.42. The van der Waals surface area contributed by atoms with Gasteiger partial charge in [-0.15, -0.1) is 11.3 Å². The van der Waals surface area contributed by atoms with Crippen LogP contribution in [-0.4, -0.2) is 40.3 Å². The molecule has 0 saturated carbocycles. The number of hydrogen-bond donors (Lipinski definition) is 0. The number of sulfonamides is 1. The summed E-state index contributed by atoms with van der Waals surface area (Å²) in [6.07, 6.45) is 0. The Morgan fingerprint density at radius 2 is 1.78 bits per heavy atom. The number of fused-ring (bicyclic) bond motifs is 1. The van der Waals surface area contributed by atoms with E-state index < -0.39 is 10.0 Å². The molecule has 0 aliphatic rings. The molecule has 4 aromatic rings. The Morgan fingerprint density at radius 3 is 2.47 bits per heavy atom. The minimum atomic E-state index is -3.51. The quantitative estimate of drug-likeness (QED) is 0.292. The second-order valence-electron chi connectivity index (χ2n) is 7.18. The number of thiazole rings is 1.